The van der Waals surface area contributed by atoms with Crippen LogP contribution in [0.5, 0.6) is 0 Å². The normalized spacial score (nSPS) is 21.4. The minimum Gasteiger partial charge on any atom is -0.394 e. The van der Waals surface area contributed by atoms with Crippen LogP contribution < -0.4 is 9.80 Å². The second-order valence-corrected chi connectivity index (χ2v) is 12.1. The van der Waals surface area contributed by atoms with Gasteiger partial charge in [0.05, 0.1) is 36.1 Å². The molecule has 45 heavy (non-hydrogen) atoms. The van der Waals surface area contributed by atoms with Crippen LogP contribution in [0.2, 0.25) is 0 Å². The smallest absolute Gasteiger partial charge is 0.264 e. The Labute approximate surface area is 261 Å². The van der Waals surface area contributed by atoms with E-state index in [0.717, 1.165) is 40.6 Å². The summed E-state index contributed by atoms with van der Waals surface area (Å²) in [5, 5.41) is 23.5. The Morgan fingerprint density at radius 2 is 1.71 bits per heavy atom. The highest BCUT2D eigenvalue weighted by Crippen LogP contribution is 2.46. The average Bonchev–Trinajstić information content (AvgIpc) is 3.72. The zero-order valence-corrected chi connectivity index (χ0v) is 25.1. The maximum Gasteiger partial charge on any atom is 0.264 e. The van der Waals surface area contributed by atoms with Crippen LogP contribution in [0, 0.1) is 5.92 Å². The first-order chi connectivity index (χ1) is 21.8. The quantitative estimate of drug-likeness (QED) is 0.262. The first-order valence-corrected chi connectivity index (χ1v) is 15.5. The number of aliphatic hydroxyl groups excluding tert-OH is 1. The molecular formula is C37H35N3O5. The molecule has 3 amide bonds. The SMILES string of the molecule is C[C@H](/C=C/CC(=O)N1CCC[C@H]1CO)[C@@]1(O)C(=O)N(Cc2ccc(N3C(=O)c4cccc5cccc3c45)cc2)c2ccccc21. The molecule has 3 aliphatic heterocycles. The highest BCUT2D eigenvalue weighted by atomic mass is 16.3. The maximum atomic E-state index is 14.0. The van der Waals surface area contributed by atoms with E-state index in [2.05, 4.69) is 0 Å². The van der Waals surface area contributed by atoms with Crippen LogP contribution in [0.25, 0.3) is 10.8 Å². The van der Waals surface area contributed by atoms with Crippen LogP contribution in [0.4, 0.5) is 17.1 Å². The highest BCUT2D eigenvalue weighted by Gasteiger charge is 2.52. The van der Waals surface area contributed by atoms with E-state index in [4.69, 9.17) is 0 Å². The van der Waals surface area contributed by atoms with E-state index in [1.165, 1.54) is 0 Å². The number of fused-ring (bicyclic) bond motifs is 1. The lowest BCUT2D eigenvalue weighted by Crippen LogP contribution is -2.44. The van der Waals surface area contributed by atoms with Crippen LogP contribution in [-0.2, 0) is 21.7 Å². The summed E-state index contributed by atoms with van der Waals surface area (Å²) in [5.41, 5.74) is 2.52. The fourth-order valence-electron chi connectivity index (χ4n) is 7.15. The summed E-state index contributed by atoms with van der Waals surface area (Å²) in [7, 11) is 0. The lowest BCUT2D eigenvalue weighted by Gasteiger charge is -2.28. The number of hydrogen-bond donors (Lipinski definition) is 2. The van der Waals surface area contributed by atoms with Crippen molar-refractivity contribution in [1.29, 1.82) is 0 Å². The number of nitrogens with zero attached hydrogens (tertiary/aromatic N) is 3. The van der Waals surface area contributed by atoms with E-state index in [1.54, 1.807) is 39.8 Å². The maximum absolute atomic E-state index is 14.0. The van der Waals surface area contributed by atoms with Gasteiger partial charge in [0.1, 0.15) is 0 Å². The molecule has 1 fully saturated rings. The number of rotatable bonds is 8. The highest BCUT2D eigenvalue weighted by molar-refractivity contribution is 6.27. The summed E-state index contributed by atoms with van der Waals surface area (Å²) < 4.78 is 0. The van der Waals surface area contributed by atoms with Gasteiger partial charge in [0.25, 0.3) is 11.8 Å². The van der Waals surface area contributed by atoms with Crippen molar-refractivity contribution in [2.75, 3.05) is 23.0 Å². The summed E-state index contributed by atoms with van der Waals surface area (Å²) >= 11 is 0. The van der Waals surface area contributed by atoms with Gasteiger partial charge in [-0.3, -0.25) is 19.3 Å². The molecule has 8 nitrogen and oxygen atoms in total. The number of likely N-dealkylation sites (tertiary alicyclic amines) is 1. The molecule has 0 aliphatic carbocycles. The minimum absolute atomic E-state index is 0.0450. The largest absolute Gasteiger partial charge is 0.394 e. The van der Waals surface area contributed by atoms with Gasteiger partial charge in [-0.1, -0.05) is 73.7 Å². The molecule has 0 unspecified atom stereocenters. The first-order valence-electron chi connectivity index (χ1n) is 15.5. The second kappa shape index (κ2) is 11.3. The van der Waals surface area contributed by atoms with Gasteiger partial charge < -0.3 is 20.0 Å². The van der Waals surface area contributed by atoms with Crippen LogP contribution in [0.1, 0.15) is 47.7 Å². The standard InChI is InChI=1S/C37H35N3O5/c1-24(8-4-16-33(42)38-21-7-11-28(38)23-41)37(45)30-13-2-3-14-31(30)39(36(37)44)22-25-17-19-27(20-18-25)40-32-15-6-10-26-9-5-12-29(34(26)32)35(40)43/h2-6,8-10,12-15,17-20,24,28,41,45H,7,11,16,21-23H2,1H3/b8-4+/t24-,28+,37+/m1/s1. The zero-order valence-electron chi connectivity index (χ0n) is 25.1. The van der Waals surface area contributed by atoms with Gasteiger partial charge in [-0.05, 0) is 54.1 Å². The molecule has 0 bridgehead atoms. The van der Waals surface area contributed by atoms with Crippen LogP contribution in [-0.4, -0.2) is 52.0 Å². The third-order valence-corrected chi connectivity index (χ3v) is 9.55. The molecule has 1 saturated heterocycles. The summed E-state index contributed by atoms with van der Waals surface area (Å²) in [4.78, 5) is 45.1. The number of aliphatic hydroxyl groups is 2. The molecule has 4 aromatic carbocycles. The Balaban J connectivity index is 1.09. The van der Waals surface area contributed by atoms with Crippen molar-refractivity contribution < 1.29 is 24.6 Å². The summed E-state index contributed by atoms with van der Waals surface area (Å²) in [6, 6.07) is 26.4. The molecular weight excluding hydrogens is 566 g/mol. The molecule has 0 spiro atoms. The van der Waals surface area contributed by atoms with Gasteiger partial charge >= 0.3 is 0 Å². The second-order valence-electron chi connectivity index (χ2n) is 12.1. The van der Waals surface area contributed by atoms with Crippen molar-refractivity contribution in [1.82, 2.24) is 4.90 Å². The van der Waals surface area contributed by atoms with Crippen molar-refractivity contribution in [3.8, 4) is 0 Å². The summed E-state index contributed by atoms with van der Waals surface area (Å²) in [6.07, 6.45) is 5.27. The van der Waals surface area contributed by atoms with Gasteiger partial charge in [-0.25, -0.2) is 0 Å². The van der Waals surface area contributed by atoms with Crippen LogP contribution in [0.3, 0.4) is 0 Å². The lowest BCUT2D eigenvalue weighted by atomic mass is 9.83. The number of para-hydroxylation sites is 1. The van der Waals surface area contributed by atoms with E-state index < -0.39 is 17.4 Å². The van der Waals surface area contributed by atoms with Gasteiger partial charge in [0, 0.05) is 35.5 Å². The van der Waals surface area contributed by atoms with Gasteiger partial charge in [-0.2, -0.15) is 0 Å². The molecule has 3 heterocycles. The molecule has 3 aliphatic rings. The average molecular weight is 602 g/mol. The summed E-state index contributed by atoms with van der Waals surface area (Å²) in [6.45, 7) is 2.62. The minimum atomic E-state index is -1.79. The van der Waals surface area contributed by atoms with E-state index in [0.29, 0.717) is 23.4 Å². The molecule has 228 valence electrons. The summed E-state index contributed by atoms with van der Waals surface area (Å²) in [5.74, 6) is -1.15. The Morgan fingerprint density at radius 3 is 2.49 bits per heavy atom. The van der Waals surface area contributed by atoms with Gasteiger partial charge in [-0.15, -0.1) is 0 Å². The monoisotopic (exact) mass is 601 g/mol. The molecule has 0 saturated carbocycles. The Bertz CT molecular complexity index is 1850. The molecule has 8 heteroatoms. The third kappa shape index (κ3) is 4.64. The Hall–Kier alpha value is -4.79. The van der Waals surface area contributed by atoms with E-state index >= 15 is 0 Å². The van der Waals surface area contributed by atoms with Crippen molar-refractivity contribution in [3.63, 3.8) is 0 Å². The van der Waals surface area contributed by atoms with Gasteiger partial charge in [0.15, 0.2) is 5.60 Å². The van der Waals surface area contributed by atoms with Crippen LogP contribution >= 0.6 is 0 Å². The lowest BCUT2D eigenvalue weighted by molar-refractivity contribution is -0.139. The van der Waals surface area contributed by atoms with E-state index in [9.17, 15) is 24.6 Å². The number of amides is 3. The zero-order chi connectivity index (χ0) is 31.3. The number of carbonyl (C=O) groups excluding carboxylic acids is 3. The van der Waals surface area contributed by atoms with E-state index in [-0.39, 0.29) is 37.4 Å². The molecule has 0 aromatic heterocycles. The predicted molar refractivity (Wildman–Crippen MR) is 173 cm³/mol. The molecule has 3 atom stereocenters. The van der Waals surface area contributed by atoms with Crippen LogP contribution in [0.15, 0.2) is 97.1 Å². The molecule has 0 radical (unpaired) electrons. The number of anilines is 3. The molecule has 7 rings (SSSR count). The van der Waals surface area contributed by atoms with Crippen molar-refractivity contribution in [2.24, 2.45) is 5.92 Å². The number of hydrogen-bond acceptors (Lipinski definition) is 5. The van der Waals surface area contributed by atoms with Crippen molar-refractivity contribution >= 4 is 45.6 Å². The first kappa shape index (κ1) is 29.0. The molecule has 2 N–H and O–H groups in total. The van der Waals surface area contributed by atoms with Gasteiger partial charge in [0.2, 0.25) is 5.91 Å². The number of carbonyl (C=O) groups is 3. The van der Waals surface area contributed by atoms with E-state index in [1.807, 2.05) is 78.9 Å². The molecule has 4 aromatic rings. The topological polar surface area (TPSA) is 101 Å². The fraction of sp³-hybridized carbons (Fsp3) is 0.270. The fourth-order valence-corrected chi connectivity index (χ4v) is 7.15. The number of benzene rings is 4. The Kier molecular flexibility index (Phi) is 7.26. The predicted octanol–water partition coefficient (Wildman–Crippen LogP) is 5.43. The Morgan fingerprint density at radius 1 is 0.978 bits per heavy atom. The third-order valence-electron chi connectivity index (χ3n) is 9.55. The van der Waals surface area contributed by atoms with Crippen molar-refractivity contribution in [2.45, 2.75) is 44.4 Å². The van der Waals surface area contributed by atoms with Crippen molar-refractivity contribution in [3.05, 3.63) is 114 Å².